The van der Waals surface area contributed by atoms with Gasteiger partial charge in [0.05, 0.1) is 12.2 Å². The van der Waals surface area contributed by atoms with E-state index in [1.165, 1.54) is 0 Å². The van der Waals surface area contributed by atoms with E-state index < -0.39 is 5.60 Å². The number of guanidine groups is 2. The lowest BCUT2D eigenvalue weighted by molar-refractivity contribution is 0.0275. The highest BCUT2D eigenvalue weighted by Crippen LogP contribution is 2.23. The Bertz CT molecular complexity index is 689. The van der Waals surface area contributed by atoms with Crippen LogP contribution in [0.5, 0.6) is 5.75 Å². The lowest BCUT2D eigenvalue weighted by Crippen LogP contribution is -2.36. The zero-order valence-electron chi connectivity index (χ0n) is 15.3. The van der Waals surface area contributed by atoms with Crippen LogP contribution in [-0.2, 0) is 4.74 Å². The Morgan fingerprint density at radius 1 is 1.19 bits per heavy atom. The van der Waals surface area contributed by atoms with E-state index in [1.54, 1.807) is 29.2 Å². The lowest BCUT2D eigenvalue weighted by Gasteiger charge is -2.24. The van der Waals surface area contributed by atoms with Gasteiger partial charge in [-0.1, -0.05) is 0 Å². The summed E-state index contributed by atoms with van der Waals surface area (Å²) in [6, 6.07) is 7.03. The molecule has 1 aromatic rings. The highest BCUT2D eigenvalue weighted by atomic mass is 16.6. The van der Waals surface area contributed by atoms with Crippen molar-refractivity contribution in [3.05, 3.63) is 24.3 Å². The van der Waals surface area contributed by atoms with Crippen LogP contribution in [0.4, 0.5) is 10.5 Å². The van der Waals surface area contributed by atoms with Crippen molar-refractivity contribution in [2.24, 2.45) is 27.2 Å². The first-order valence-corrected chi connectivity index (χ1v) is 8.31. The third kappa shape index (κ3) is 6.15. The van der Waals surface area contributed by atoms with Gasteiger partial charge in [0.25, 0.3) is 0 Å². The van der Waals surface area contributed by atoms with E-state index >= 15 is 0 Å². The summed E-state index contributed by atoms with van der Waals surface area (Å²) in [5.41, 5.74) is 16.2. The van der Waals surface area contributed by atoms with Crippen LogP contribution >= 0.6 is 0 Å². The van der Waals surface area contributed by atoms with Crippen LogP contribution in [-0.4, -0.2) is 47.7 Å². The number of nitrogens with two attached hydrogens (primary N) is 3. The number of carbonyl (C=O) groups excluding carboxylic acids is 1. The van der Waals surface area contributed by atoms with Gasteiger partial charge in [0, 0.05) is 13.0 Å². The zero-order valence-corrected chi connectivity index (χ0v) is 15.3. The molecule has 1 aliphatic heterocycles. The summed E-state index contributed by atoms with van der Waals surface area (Å²) in [6.45, 7) is 6.64. The Balaban J connectivity index is 1.90. The van der Waals surface area contributed by atoms with Crippen molar-refractivity contribution in [3.63, 3.8) is 0 Å². The van der Waals surface area contributed by atoms with E-state index in [4.69, 9.17) is 26.7 Å². The zero-order chi connectivity index (χ0) is 19.3. The van der Waals surface area contributed by atoms with Crippen molar-refractivity contribution in [2.45, 2.75) is 38.9 Å². The van der Waals surface area contributed by atoms with Gasteiger partial charge in [-0.2, -0.15) is 4.99 Å². The highest BCUT2D eigenvalue weighted by Gasteiger charge is 2.30. The van der Waals surface area contributed by atoms with Crippen molar-refractivity contribution < 1.29 is 14.3 Å². The minimum Gasteiger partial charge on any atom is -0.489 e. The Morgan fingerprint density at radius 2 is 1.85 bits per heavy atom. The van der Waals surface area contributed by atoms with E-state index in [0.717, 1.165) is 6.42 Å². The molecule has 1 amide bonds. The molecule has 1 saturated heterocycles. The topological polar surface area (TPSA) is 142 Å². The quantitative estimate of drug-likeness (QED) is 0.546. The minimum absolute atomic E-state index is 0.0255. The number of ether oxygens (including phenoxy) is 2. The summed E-state index contributed by atoms with van der Waals surface area (Å²) in [6.07, 6.45) is 0.350. The summed E-state index contributed by atoms with van der Waals surface area (Å²) >= 11 is 0. The molecule has 1 heterocycles. The second kappa shape index (κ2) is 7.94. The maximum Gasteiger partial charge on any atom is 0.410 e. The number of hydrogen-bond donors (Lipinski definition) is 3. The van der Waals surface area contributed by atoms with Gasteiger partial charge in [-0.25, -0.2) is 9.79 Å². The third-order valence-corrected chi connectivity index (χ3v) is 3.42. The van der Waals surface area contributed by atoms with Gasteiger partial charge >= 0.3 is 6.09 Å². The summed E-state index contributed by atoms with van der Waals surface area (Å²) < 4.78 is 11.3. The van der Waals surface area contributed by atoms with E-state index in [9.17, 15) is 4.79 Å². The highest BCUT2D eigenvalue weighted by molar-refractivity contribution is 5.93. The van der Waals surface area contributed by atoms with E-state index in [0.29, 0.717) is 24.5 Å². The first-order valence-electron chi connectivity index (χ1n) is 8.31. The van der Waals surface area contributed by atoms with Gasteiger partial charge in [0.1, 0.15) is 17.5 Å². The van der Waals surface area contributed by atoms with Crippen molar-refractivity contribution in [1.29, 1.82) is 0 Å². The summed E-state index contributed by atoms with van der Waals surface area (Å²) in [7, 11) is 0. The number of amides is 1. The molecule has 1 unspecified atom stereocenters. The number of likely N-dealkylation sites (tertiary alicyclic amines) is 1. The predicted octanol–water partition coefficient (Wildman–Crippen LogP) is 1.29. The molecule has 1 aromatic carbocycles. The largest absolute Gasteiger partial charge is 0.489 e. The van der Waals surface area contributed by atoms with Crippen molar-refractivity contribution in [3.8, 4) is 5.75 Å². The van der Waals surface area contributed by atoms with Gasteiger partial charge in [-0.05, 0) is 45.0 Å². The second-order valence-corrected chi connectivity index (χ2v) is 6.96. The average molecular weight is 362 g/mol. The Labute approximate surface area is 152 Å². The molecule has 0 bridgehead atoms. The molecule has 0 saturated carbocycles. The first kappa shape index (κ1) is 19.4. The van der Waals surface area contributed by atoms with Gasteiger partial charge in [0.2, 0.25) is 5.96 Å². The van der Waals surface area contributed by atoms with Crippen molar-refractivity contribution in [1.82, 2.24) is 4.90 Å². The lowest BCUT2D eigenvalue weighted by atomic mass is 10.2. The van der Waals surface area contributed by atoms with E-state index in [-0.39, 0.29) is 24.1 Å². The summed E-state index contributed by atoms with van der Waals surface area (Å²) in [4.78, 5) is 21.4. The molecule has 1 atom stereocenters. The number of benzene rings is 1. The molecular formula is C17H26N6O3. The molecule has 9 heteroatoms. The van der Waals surface area contributed by atoms with Crippen molar-refractivity contribution >= 4 is 23.7 Å². The molecule has 2 rings (SSSR count). The predicted molar refractivity (Wildman–Crippen MR) is 100 cm³/mol. The molecule has 0 spiro atoms. The summed E-state index contributed by atoms with van der Waals surface area (Å²) in [5.74, 6) is 0.504. The van der Waals surface area contributed by atoms with Crippen LogP contribution in [0.25, 0.3) is 0 Å². The normalized spacial score (nSPS) is 17.7. The minimum atomic E-state index is -0.507. The number of aliphatic imine (C=N–C) groups is 2. The molecule has 0 radical (unpaired) electrons. The first-order chi connectivity index (χ1) is 12.1. The Kier molecular flexibility index (Phi) is 5.91. The fraction of sp³-hybridized carbons (Fsp3) is 0.471. The molecule has 26 heavy (non-hydrogen) atoms. The van der Waals surface area contributed by atoms with Crippen LogP contribution < -0.4 is 21.9 Å². The molecule has 9 nitrogen and oxygen atoms in total. The smallest absolute Gasteiger partial charge is 0.410 e. The fourth-order valence-electron chi connectivity index (χ4n) is 2.40. The maximum atomic E-state index is 12.1. The van der Waals surface area contributed by atoms with Gasteiger partial charge in [-0.3, -0.25) is 0 Å². The SMILES string of the molecule is CC(C)(C)OC(=O)N1CCC(Oc2ccc(N=C(N)N=C(N)N)cc2)C1. The number of hydrogen-bond acceptors (Lipinski definition) is 4. The number of carbonyl (C=O) groups is 1. The Morgan fingerprint density at radius 3 is 2.42 bits per heavy atom. The summed E-state index contributed by atoms with van der Waals surface area (Å²) in [5, 5.41) is 0. The van der Waals surface area contributed by atoms with Crippen molar-refractivity contribution in [2.75, 3.05) is 13.1 Å². The van der Waals surface area contributed by atoms with Gasteiger partial charge in [0.15, 0.2) is 5.96 Å². The van der Waals surface area contributed by atoms with Crippen LogP contribution in [0.2, 0.25) is 0 Å². The molecule has 142 valence electrons. The molecule has 1 fully saturated rings. The molecule has 0 aliphatic carbocycles. The van der Waals surface area contributed by atoms with Crippen LogP contribution in [0.15, 0.2) is 34.3 Å². The molecule has 1 aliphatic rings. The van der Waals surface area contributed by atoms with Crippen LogP contribution in [0.3, 0.4) is 0 Å². The molecule has 6 N–H and O–H groups in total. The standard InChI is InChI=1S/C17H26N6O3/c1-17(2,3)26-16(24)23-9-8-13(10-23)25-12-6-4-11(5-7-12)21-15(20)22-14(18)19/h4-7,13H,8-10H2,1-3H3,(H6,18,19,20,21,22). The monoisotopic (exact) mass is 362 g/mol. The fourth-order valence-corrected chi connectivity index (χ4v) is 2.40. The van der Waals surface area contributed by atoms with Crippen LogP contribution in [0, 0.1) is 0 Å². The van der Waals surface area contributed by atoms with Gasteiger partial charge in [-0.15, -0.1) is 0 Å². The molecule has 0 aromatic heterocycles. The number of nitrogens with zero attached hydrogens (tertiary/aromatic N) is 3. The Hall–Kier alpha value is -2.97. The van der Waals surface area contributed by atoms with Gasteiger partial charge < -0.3 is 31.6 Å². The molecular weight excluding hydrogens is 336 g/mol. The van der Waals surface area contributed by atoms with Crippen LogP contribution in [0.1, 0.15) is 27.2 Å². The third-order valence-electron chi connectivity index (χ3n) is 3.42. The van der Waals surface area contributed by atoms with E-state index in [2.05, 4.69) is 9.98 Å². The number of rotatable bonds is 3. The maximum absolute atomic E-state index is 12.1. The average Bonchev–Trinajstić information content (AvgIpc) is 2.95. The second-order valence-electron chi connectivity index (χ2n) is 6.96. The van der Waals surface area contributed by atoms with E-state index in [1.807, 2.05) is 20.8 Å².